The molecule has 0 unspecified atom stereocenters. The summed E-state index contributed by atoms with van der Waals surface area (Å²) in [5, 5.41) is 2.39. The van der Waals surface area contributed by atoms with Gasteiger partial charge in [-0.15, -0.1) is 0 Å². The van der Waals surface area contributed by atoms with Crippen molar-refractivity contribution in [2.45, 2.75) is 13.1 Å². The number of anilines is 1. The summed E-state index contributed by atoms with van der Waals surface area (Å²) in [6.45, 7) is 1.90. The summed E-state index contributed by atoms with van der Waals surface area (Å²) < 4.78 is 57.3. The Morgan fingerprint density at radius 1 is 1.21 bits per heavy atom. The van der Waals surface area contributed by atoms with Crippen LogP contribution in [0, 0.1) is 9.39 Å². The first kappa shape index (κ1) is 18.5. The molecule has 1 amide bonds. The van der Waals surface area contributed by atoms with E-state index in [4.69, 9.17) is 4.74 Å². The lowest BCUT2D eigenvalue weighted by Crippen LogP contribution is -2.15. The van der Waals surface area contributed by atoms with Gasteiger partial charge in [-0.25, -0.2) is 4.39 Å². The fourth-order valence-electron chi connectivity index (χ4n) is 1.95. The minimum Gasteiger partial charge on any atom is -0.492 e. The van der Waals surface area contributed by atoms with E-state index in [-0.39, 0.29) is 23.6 Å². The van der Waals surface area contributed by atoms with Gasteiger partial charge in [-0.2, -0.15) is 13.2 Å². The van der Waals surface area contributed by atoms with Crippen LogP contribution in [0.4, 0.5) is 23.2 Å². The van der Waals surface area contributed by atoms with Gasteiger partial charge in [0.25, 0.3) is 5.91 Å². The fraction of sp³-hybridized carbons (Fsp3) is 0.188. The number of nitrogens with one attached hydrogen (secondary N) is 1. The molecule has 2 aromatic carbocycles. The van der Waals surface area contributed by atoms with Gasteiger partial charge in [-0.05, 0) is 65.9 Å². The first-order chi connectivity index (χ1) is 11.2. The molecule has 24 heavy (non-hydrogen) atoms. The van der Waals surface area contributed by atoms with Gasteiger partial charge in [0.1, 0.15) is 11.6 Å². The largest absolute Gasteiger partial charge is 0.492 e. The van der Waals surface area contributed by atoms with E-state index < -0.39 is 23.5 Å². The van der Waals surface area contributed by atoms with E-state index in [0.29, 0.717) is 3.57 Å². The van der Waals surface area contributed by atoms with Crippen LogP contribution in [0.5, 0.6) is 5.75 Å². The molecule has 0 spiro atoms. The van der Waals surface area contributed by atoms with Crippen LogP contribution in [-0.4, -0.2) is 12.5 Å². The third-order valence-electron chi connectivity index (χ3n) is 3.03. The van der Waals surface area contributed by atoms with E-state index in [0.717, 1.165) is 30.3 Å². The molecule has 8 heteroatoms. The SMILES string of the molecule is CCOc1ccc(C(F)(F)F)cc1NC(=O)c1ccc(F)cc1I. The Balaban J connectivity index is 2.37. The van der Waals surface area contributed by atoms with E-state index in [9.17, 15) is 22.4 Å². The van der Waals surface area contributed by atoms with E-state index in [1.54, 1.807) is 29.5 Å². The first-order valence-electron chi connectivity index (χ1n) is 6.83. The Morgan fingerprint density at radius 2 is 1.92 bits per heavy atom. The van der Waals surface area contributed by atoms with Crippen molar-refractivity contribution in [3.63, 3.8) is 0 Å². The van der Waals surface area contributed by atoms with Crippen LogP contribution < -0.4 is 10.1 Å². The molecule has 0 radical (unpaired) electrons. The van der Waals surface area contributed by atoms with Crippen molar-refractivity contribution in [3.05, 3.63) is 56.9 Å². The quantitative estimate of drug-likeness (QED) is 0.517. The standard InChI is InChI=1S/C16H12F4INO2/c1-2-24-14-6-3-9(16(18,19)20)7-13(14)22-15(23)11-5-4-10(17)8-12(11)21/h3-8H,2H2,1H3,(H,22,23). The van der Waals surface area contributed by atoms with Gasteiger partial charge in [0, 0.05) is 3.57 Å². The number of hydrogen-bond donors (Lipinski definition) is 1. The van der Waals surface area contributed by atoms with Crippen LogP contribution >= 0.6 is 22.6 Å². The minimum absolute atomic E-state index is 0.100. The Bertz CT molecular complexity index is 762. The molecule has 1 N–H and O–H groups in total. The van der Waals surface area contributed by atoms with Gasteiger partial charge in [0.15, 0.2) is 0 Å². The summed E-state index contributed by atoms with van der Waals surface area (Å²) in [5.74, 6) is -1.04. The van der Waals surface area contributed by atoms with Crippen LogP contribution in [0.15, 0.2) is 36.4 Å². The van der Waals surface area contributed by atoms with Crippen molar-refractivity contribution in [2.75, 3.05) is 11.9 Å². The third-order valence-corrected chi connectivity index (χ3v) is 3.92. The number of carbonyl (C=O) groups is 1. The number of benzene rings is 2. The van der Waals surface area contributed by atoms with Crippen molar-refractivity contribution in [3.8, 4) is 5.75 Å². The second-order valence-corrected chi connectivity index (χ2v) is 5.88. The maximum atomic E-state index is 13.1. The van der Waals surface area contributed by atoms with Crippen molar-refractivity contribution < 1.29 is 27.1 Å². The highest BCUT2D eigenvalue weighted by Gasteiger charge is 2.31. The number of hydrogen-bond acceptors (Lipinski definition) is 2. The van der Waals surface area contributed by atoms with Crippen LogP contribution in [0.3, 0.4) is 0 Å². The van der Waals surface area contributed by atoms with Crippen molar-refractivity contribution in [2.24, 2.45) is 0 Å². The minimum atomic E-state index is -4.55. The molecule has 0 fully saturated rings. The highest BCUT2D eigenvalue weighted by Crippen LogP contribution is 2.35. The Hall–Kier alpha value is -1.84. The molecule has 0 aliphatic carbocycles. The molecule has 0 saturated carbocycles. The van der Waals surface area contributed by atoms with Gasteiger partial charge >= 0.3 is 6.18 Å². The zero-order chi connectivity index (χ0) is 17.9. The number of ether oxygens (including phenoxy) is 1. The highest BCUT2D eigenvalue weighted by molar-refractivity contribution is 14.1. The predicted octanol–water partition coefficient (Wildman–Crippen LogP) is 5.10. The van der Waals surface area contributed by atoms with Gasteiger partial charge < -0.3 is 10.1 Å². The summed E-state index contributed by atoms with van der Waals surface area (Å²) in [6.07, 6.45) is -4.55. The van der Waals surface area contributed by atoms with E-state index in [2.05, 4.69) is 5.32 Å². The van der Waals surface area contributed by atoms with Crippen molar-refractivity contribution in [1.82, 2.24) is 0 Å². The second kappa shape index (κ2) is 7.37. The molecule has 0 aliphatic rings. The Labute approximate surface area is 149 Å². The molecule has 0 atom stereocenters. The van der Waals surface area contributed by atoms with Gasteiger partial charge in [0.2, 0.25) is 0 Å². The zero-order valence-corrected chi connectivity index (χ0v) is 14.5. The molecule has 0 saturated heterocycles. The number of rotatable bonds is 4. The lowest BCUT2D eigenvalue weighted by Gasteiger charge is -2.15. The van der Waals surface area contributed by atoms with Crippen LogP contribution in [0.1, 0.15) is 22.8 Å². The van der Waals surface area contributed by atoms with Crippen LogP contribution in [-0.2, 0) is 6.18 Å². The average molecular weight is 453 g/mol. The predicted molar refractivity (Wildman–Crippen MR) is 89.7 cm³/mol. The highest BCUT2D eigenvalue weighted by atomic mass is 127. The third kappa shape index (κ3) is 4.37. The molecule has 2 rings (SSSR count). The smallest absolute Gasteiger partial charge is 0.416 e. The molecule has 2 aromatic rings. The fourth-order valence-corrected chi connectivity index (χ4v) is 2.67. The van der Waals surface area contributed by atoms with Crippen molar-refractivity contribution in [1.29, 1.82) is 0 Å². The Morgan fingerprint density at radius 3 is 2.50 bits per heavy atom. The average Bonchev–Trinajstić information content (AvgIpc) is 2.48. The molecule has 0 aromatic heterocycles. The normalized spacial score (nSPS) is 11.2. The Kier molecular flexibility index (Phi) is 5.68. The summed E-state index contributed by atoms with van der Waals surface area (Å²) in [4.78, 5) is 12.3. The molecular weight excluding hydrogens is 441 g/mol. The second-order valence-electron chi connectivity index (χ2n) is 4.72. The summed E-state index contributed by atoms with van der Waals surface area (Å²) in [7, 11) is 0. The van der Waals surface area contributed by atoms with Gasteiger partial charge in [0.05, 0.1) is 23.4 Å². The molecule has 0 heterocycles. The number of amides is 1. The zero-order valence-electron chi connectivity index (χ0n) is 12.4. The lowest BCUT2D eigenvalue weighted by molar-refractivity contribution is -0.137. The number of alkyl halides is 3. The van der Waals surface area contributed by atoms with Crippen LogP contribution in [0.2, 0.25) is 0 Å². The summed E-state index contributed by atoms with van der Waals surface area (Å²) >= 11 is 1.78. The van der Waals surface area contributed by atoms with E-state index >= 15 is 0 Å². The van der Waals surface area contributed by atoms with Gasteiger partial charge in [-0.1, -0.05) is 0 Å². The van der Waals surface area contributed by atoms with Crippen molar-refractivity contribution >= 4 is 34.2 Å². The molecule has 128 valence electrons. The number of carbonyl (C=O) groups excluding carboxylic acids is 1. The first-order valence-corrected chi connectivity index (χ1v) is 7.90. The molecule has 0 aliphatic heterocycles. The monoisotopic (exact) mass is 453 g/mol. The topological polar surface area (TPSA) is 38.3 Å². The van der Waals surface area contributed by atoms with Crippen LogP contribution in [0.25, 0.3) is 0 Å². The summed E-state index contributed by atoms with van der Waals surface area (Å²) in [6, 6.07) is 6.36. The van der Waals surface area contributed by atoms with E-state index in [1.165, 1.54) is 6.07 Å². The van der Waals surface area contributed by atoms with E-state index in [1.807, 2.05) is 0 Å². The molecule has 0 bridgehead atoms. The maximum Gasteiger partial charge on any atom is 0.416 e. The molecule has 3 nitrogen and oxygen atoms in total. The maximum absolute atomic E-state index is 13.1. The summed E-state index contributed by atoms with van der Waals surface area (Å²) in [5.41, 5.74) is -0.858. The van der Waals surface area contributed by atoms with Gasteiger partial charge in [-0.3, -0.25) is 4.79 Å². The number of halogens is 5. The lowest BCUT2D eigenvalue weighted by atomic mass is 10.1. The molecular formula is C16H12F4INO2.